The minimum atomic E-state index is 0.620. The van der Waals surface area contributed by atoms with Crippen LogP contribution >= 0.6 is 0 Å². The Kier molecular flexibility index (Phi) is 6.34. The third kappa shape index (κ3) is 4.35. The van der Waals surface area contributed by atoms with E-state index in [1.165, 1.54) is 45.2 Å². The molecule has 1 N–H and O–H groups in total. The zero-order valence-corrected chi connectivity index (χ0v) is 14.3. The summed E-state index contributed by atoms with van der Waals surface area (Å²) in [5, 5.41) is 3.50. The van der Waals surface area contributed by atoms with Gasteiger partial charge in [-0.05, 0) is 44.7 Å². The summed E-state index contributed by atoms with van der Waals surface area (Å²) >= 11 is 0. The highest BCUT2D eigenvalue weighted by atomic mass is 15.3. The fourth-order valence-electron chi connectivity index (χ4n) is 3.91. The van der Waals surface area contributed by atoms with Crippen LogP contribution in [0.3, 0.4) is 0 Å². The molecular formula is C17H34N4. The summed E-state index contributed by atoms with van der Waals surface area (Å²) in [4.78, 5) is 9.83. The normalized spacial score (nSPS) is 21.7. The highest BCUT2D eigenvalue weighted by Gasteiger charge is 2.41. The Hall–Kier alpha value is -0.770. The van der Waals surface area contributed by atoms with E-state index in [4.69, 9.17) is 4.99 Å². The average Bonchev–Trinajstić information content (AvgIpc) is 3.13. The lowest BCUT2D eigenvalue weighted by Crippen LogP contribution is -2.41. The Labute approximate surface area is 131 Å². The van der Waals surface area contributed by atoms with Gasteiger partial charge in [-0.15, -0.1) is 0 Å². The highest BCUT2D eigenvalue weighted by Crippen LogP contribution is 2.45. The van der Waals surface area contributed by atoms with Crippen molar-refractivity contribution >= 4 is 5.96 Å². The molecule has 4 heteroatoms. The van der Waals surface area contributed by atoms with E-state index < -0.39 is 0 Å². The quantitative estimate of drug-likeness (QED) is 0.603. The summed E-state index contributed by atoms with van der Waals surface area (Å²) in [7, 11) is 0. The van der Waals surface area contributed by atoms with Gasteiger partial charge in [-0.3, -0.25) is 4.99 Å². The van der Waals surface area contributed by atoms with Gasteiger partial charge in [0.15, 0.2) is 5.96 Å². The lowest BCUT2D eigenvalue weighted by molar-refractivity contribution is 0.305. The number of nitrogens with one attached hydrogen (secondary N) is 1. The summed E-state index contributed by atoms with van der Waals surface area (Å²) in [5.41, 5.74) is 0.620. The van der Waals surface area contributed by atoms with Gasteiger partial charge in [-0.1, -0.05) is 26.7 Å². The first kappa shape index (κ1) is 16.6. The fraction of sp³-hybridized carbons (Fsp3) is 0.941. The van der Waals surface area contributed by atoms with Crippen LogP contribution < -0.4 is 5.32 Å². The number of rotatable bonds is 6. The number of guanidine groups is 1. The van der Waals surface area contributed by atoms with E-state index in [0.717, 1.165) is 38.7 Å². The molecule has 1 aliphatic heterocycles. The second-order valence-corrected chi connectivity index (χ2v) is 6.64. The van der Waals surface area contributed by atoms with Crippen LogP contribution in [0.2, 0.25) is 0 Å². The molecule has 2 fully saturated rings. The number of likely N-dealkylation sites (tertiary alicyclic amines) is 1. The van der Waals surface area contributed by atoms with Crippen LogP contribution in [0.25, 0.3) is 0 Å². The Morgan fingerprint density at radius 2 is 1.86 bits per heavy atom. The van der Waals surface area contributed by atoms with Gasteiger partial charge in [0.05, 0.1) is 6.54 Å². The second kappa shape index (κ2) is 8.02. The Morgan fingerprint density at radius 3 is 2.48 bits per heavy atom. The van der Waals surface area contributed by atoms with Crippen molar-refractivity contribution in [2.24, 2.45) is 10.4 Å². The summed E-state index contributed by atoms with van der Waals surface area (Å²) in [6, 6.07) is 0. The van der Waals surface area contributed by atoms with Crippen LogP contribution in [-0.2, 0) is 0 Å². The molecule has 21 heavy (non-hydrogen) atoms. The molecule has 0 radical (unpaired) electrons. The second-order valence-electron chi connectivity index (χ2n) is 6.64. The molecule has 0 bridgehead atoms. The maximum absolute atomic E-state index is 4.88. The molecule has 0 amide bonds. The maximum Gasteiger partial charge on any atom is 0.193 e. The number of hydrogen-bond acceptors (Lipinski definition) is 2. The number of aliphatic imine (C=N–C) groups is 1. The van der Waals surface area contributed by atoms with E-state index in [-0.39, 0.29) is 0 Å². The zero-order valence-electron chi connectivity index (χ0n) is 14.3. The molecule has 0 aromatic heterocycles. The lowest BCUT2D eigenvalue weighted by atomic mass is 9.86. The van der Waals surface area contributed by atoms with Gasteiger partial charge in [0.2, 0.25) is 0 Å². The van der Waals surface area contributed by atoms with Crippen LogP contribution in [-0.4, -0.2) is 61.6 Å². The molecule has 1 heterocycles. The molecule has 2 aliphatic rings. The van der Waals surface area contributed by atoms with Crippen molar-refractivity contribution in [2.45, 2.75) is 52.9 Å². The molecule has 0 unspecified atom stereocenters. The molecule has 1 aliphatic carbocycles. The molecule has 1 spiro atoms. The van der Waals surface area contributed by atoms with Crippen molar-refractivity contribution in [1.29, 1.82) is 0 Å². The monoisotopic (exact) mass is 294 g/mol. The highest BCUT2D eigenvalue weighted by molar-refractivity contribution is 5.80. The van der Waals surface area contributed by atoms with Crippen LogP contribution in [0.1, 0.15) is 52.9 Å². The fourth-order valence-corrected chi connectivity index (χ4v) is 3.91. The molecule has 0 aromatic rings. The molecule has 0 aromatic carbocycles. The van der Waals surface area contributed by atoms with Crippen LogP contribution in [0.4, 0.5) is 0 Å². The van der Waals surface area contributed by atoms with Gasteiger partial charge in [0, 0.05) is 26.2 Å². The van der Waals surface area contributed by atoms with E-state index >= 15 is 0 Å². The van der Waals surface area contributed by atoms with Gasteiger partial charge in [0.1, 0.15) is 0 Å². The third-order valence-electron chi connectivity index (χ3n) is 5.31. The van der Waals surface area contributed by atoms with E-state index in [0.29, 0.717) is 5.41 Å². The van der Waals surface area contributed by atoms with Crippen LogP contribution in [0.15, 0.2) is 4.99 Å². The minimum absolute atomic E-state index is 0.620. The van der Waals surface area contributed by atoms with Crippen molar-refractivity contribution in [3.8, 4) is 0 Å². The smallest absolute Gasteiger partial charge is 0.193 e. The van der Waals surface area contributed by atoms with Gasteiger partial charge in [-0.25, -0.2) is 0 Å². The summed E-state index contributed by atoms with van der Waals surface area (Å²) < 4.78 is 0. The first-order valence-corrected chi connectivity index (χ1v) is 8.98. The van der Waals surface area contributed by atoms with E-state index in [1.54, 1.807) is 0 Å². The largest absolute Gasteiger partial charge is 0.357 e. The van der Waals surface area contributed by atoms with Crippen molar-refractivity contribution in [2.75, 3.05) is 45.8 Å². The van der Waals surface area contributed by atoms with Crippen molar-refractivity contribution in [3.63, 3.8) is 0 Å². The van der Waals surface area contributed by atoms with Gasteiger partial charge >= 0.3 is 0 Å². The molecule has 0 atom stereocenters. The summed E-state index contributed by atoms with van der Waals surface area (Å²) in [6.07, 6.45) is 7.10. The molecule has 122 valence electrons. The first-order valence-electron chi connectivity index (χ1n) is 8.98. The van der Waals surface area contributed by atoms with Gasteiger partial charge in [0.25, 0.3) is 0 Å². The van der Waals surface area contributed by atoms with Crippen LogP contribution in [0.5, 0.6) is 0 Å². The number of likely N-dealkylation sites (N-methyl/N-ethyl adjacent to an activating group) is 1. The standard InChI is InChI=1S/C17H34N4/c1-4-18-16(19-12-14-20(5-2)6-3)21-13-11-17(15-21)9-7-8-10-17/h4-15H2,1-3H3,(H,18,19). The van der Waals surface area contributed by atoms with Gasteiger partial charge < -0.3 is 15.1 Å². The molecular weight excluding hydrogens is 260 g/mol. The van der Waals surface area contributed by atoms with Crippen molar-refractivity contribution < 1.29 is 0 Å². The third-order valence-corrected chi connectivity index (χ3v) is 5.31. The zero-order chi connectivity index (χ0) is 15.1. The number of nitrogens with zero attached hydrogens (tertiary/aromatic N) is 3. The van der Waals surface area contributed by atoms with E-state index in [1.807, 2.05) is 0 Å². The predicted molar refractivity (Wildman–Crippen MR) is 90.9 cm³/mol. The SMILES string of the molecule is CCNC(=NCCN(CC)CC)N1CCC2(CCCC2)C1. The number of hydrogen-bond donors (Lipinski definition) is 1. The topological polar surface area (TPSA) is 30.9 Å². The summed E-state index contributed by atoms with van der Waals surface area (Å²) in [5.74, 6) is 1.15. The first-order chi connectivity index (χ1) is 10.2. The molecule has 4 nitrogen and oxygen atoms in total. The maximum atomic E-state index is 4.88. The molecule has 1 saturated carbocycles. The van der Waals surface area contributed by atoms with Crippen LogP contribution in [0, 0.1) is 5.41 Å². The van der Waals surface area contributed by atoms with Crippen molar-refractivity contribution in [1.82, 2.24) is 15.1 Å². The average molecular weight is 294 g/mol. The lowest BCUT2D eigenvalue weighted by Gasteiger charge is -2.26. The summed E-state index contributed by atoms with van der Waals surface area (Å²) in [6.45, 7) is 14.2. The predicted octanol–water partition coefficient (Wildman–Crippen LogP) is 2.56. The van der Waals surface area contributed by atoms with Gasteiger partial charge in [-0.2, -0.15) is 0 Å². The van der Waals surface area contributed by atoms with Crippen molar-refractivity contribution in [3.05, 3.63) is 0 Å². The Bertz CT molecular complexity index is 330. The Morgan fingerprint density at radius 1 is 1.14 bits per heavy atom. The molecule has 1 saturated heterocycles. The Balaban J connectivity index is 1.89. The minimum Gasteiger partial charge on any atom is -0.357 e. The van der Waals surface area contributed by atoms with E-state index in [2.05, 4.69) is 35.9 Å². The van der Waals surface area contributed by atoms with E-state index in [9.17, 15) is 0 Å². The molecule has 2 rings (SSSR count).